The van der Waals surface area contributed by atoms with E-state index >= 15 is 0 Å². The van der Waals surface area contributed by atoms with Gasteiger partial charge in [0.05, 0.1) is 5.69 Å². The number of nitrogens with zero attached hydrogens (tertiary/aromatic N) is 1. The highest BCUT2D eigenvalue weighted by molar-refractivity contribution is 5.40. The first-order chi connectivity index (χ1) is 9.48. The van der Waals surface area contributed by atoms with Gasteiger partial charge in [-0.2, -0.15) is 4.98 Å². The second-order valence-electron chi connectivity index (χ2n) is 3.73. The first-order valence-corrected chi connectivity index (χ1v) is 5.59. The zero-order valence-corrected chi connectivity index (χ0v) is 10.4. The molecule has 2 aromatic rings. The van der Waals surface area contributed by atoms with E-state index < -0.39 is 12.1 Å². The molecule has 108 valence electrons. The Kier molecular flexibility index (Phi) is 4.14. The molecule has 0 unspecified atom stereocenters. The van der Waals surface area contributed by atoms with Crippen molar-refractivity contribution >= 4 is 0 Å². The van der Waals surface area contributed by atoms with E-state index in [4.69, 9.17) is 9.15 Å². The molecule has 8 heteroatoms. The lowest BCUT2D eigenvalue weighted by molar-refractivity contribution is -0.275. The first-order valence-electron chi connectivity index (χ1n) is 5.59. The van der Waals surface area contributed by atoms with Crippen molar-refractivity contribution in [3.63, 3.8) is 0 Å². The average molecular weight is 288 g/mol. The van der Waals surface area contributed by atoms with Crippen molar-refractivity contribution in [2.45, 2.75) is 12.9 Å². The average Bonchev–Trinajstić information content (AvgIpc) is 2.78. The predicted octanol–water partition coefficient (Wildman–Crippen LogP) is 3.08. The molecule has 1 heterocycles. The minimum absolute atomic E-state index is 0.136. The van der Waals surface area contributed by atoms with Gasteiger partial charge in [-0.05, 0) is 19.2 Å². The van der Waals surface area contributed by atoms with Crippen LogP contribution in [-0.4, -0.2) is 18.4 Å². The summed E-state index contributed by atoms with van der Waals surface area (Å²) in [5, 5.41) is 2.85. The maximum absolute atomic E-state index is 12.2. The number of halogens is 3. The molecule has 0 saturated heterocycles. The fraction of sp³-hybridized carbons (Fsp3) is 0.250. The number of oxazole rings is 1. The van der Waals surface area contributed by atoms with Gasteiger partial charge in [0.2, 0.25) is 0 Å². The third kappa shape index (κ3) is 3.89. The lowest BCUT2D eigenvalue weighted by Gasteiger charge is -2.11. The van der Waals surface area contributed by atoms with Gasteiger partial charge in [0, 0.05) is 6.54 Å². The Morgan fingerprint density at radius 1 is 1.25 bits per heavy atom. The molecule has 0 atom stereocenters. The second kappa shape index (κ2) is 5.83. The molecule has 5 nitrogen and oxygen atoms in total. The van der Waals surface area contributed by atoms with Crippen LogP contribution in [0.15, 0.2) is 34.9 Å². The van der Waals surface area contributed by atoms with Crippen LogP contribution in [0, 0.1) is 0 Å². The second-order valence-corrected chi connectivity index (χ2v) is 3.73. The lowest BCUT2D eigenvalue weighted by Crippen LogP contribution is -2.17. The van der Waals surface area contributed by atoms with Gasteiger partial charge in [0.25, 0.3) is 0 Å². The summed E-state index contributed by atoms with van der Waals surface area (Å²) in [5.74, 6) is -0.601. The highest BCUT2D eigenvalue weighted by Gasteiger charge is 2.32. The molecule has 0 bridgehead atoms. The monoisotopic (exact) mass is 288 g/mol. The Labute approximate surface area is 112 Å². The van der Waals surface area contributed by atoms with Crippen LogP contribution in [0.1, 0.15) is 5.69 Å². The predicted molar refractivity (Wildman–Crippen MR) is 62.5 cm³/mol. The van der Waals surface area contributed by atoms with Crippen LogP contribution in [0.4, 0.5) is 13.2 Å². The number of alkyl halides is 3. The summed E-state index contributed by atoms with van der Waals surface area (Å²) in [4.78, 5) is 3.94. The van der Waals surface area contributed by atoms with Gasteiger partial charge in [0.1, 0.15) is 6.26 Å². The first kappa shape index (κ1) is 14.2. The number of hydrogen-bond acceptors (Lipinski definition) is 5. The van der Waals surface area contributed by atoms with Crippen molar-refractivity contribution in [1.29, 1.82) is 0 Å². The Morgan fingerprint density at radius 3 is 2.60 bits per heavy atom. The van der Waals surface area contributed by atoms with E-state index in [1.807, 2.05) is 0 Å². The number of hydrogen-bond donors (Lipinski definition) is 1. The largest absolute Gasteiger partial charge is 0.573 e. The normalized spacial score (nSPS) is 11.4. The van der Waals surface area contributed by atoms with E-state index in [0.717, 1.165) is 6.07 Å². The van der Waals surface area contributed by atoms with Crippen LogP contribution < -0.4 is 14.8 Å². The SMILES string of the molecule is CNCc1coc(Oc2ccccc2OC(F)(F)F)n1. The number of benzene rings is 1. The summed E-state index contributed by atoms with van der Waals surface area (Å²) >= 11 is 0. The van der Waals surface area contributed by atoms with Gasteiger partial charge >= 0.3 is 12.4 Å². The summed E-state index contributed by atoms with van der Waals surface area (Å²) in [6.45, 7) is 0.452. The Bertz CT molecular complexity index is 569. The summed E-state index contributed by atoms with van der Waals surface area (Å²) in [6.07, 6.45) is -3.61. The van der Waals surface area contributed by atoms with Crippen LogP contribution in [0.2, 0.25) is 0 Å². The van der Waals surface area contributed by atoms with Crippen molar-refractivity contribution in [3.05, 3.63) is 36.2 Å². The molecule has 0 amide bonds. The number of nitrogens with one attached hydrogen (secondary N) is 1. The quantitative estimate of drug-likeness (QED) is 0.916. The standard InChI is InChI=1S/C12H11F3N2O3/c1-16-6-8-7-18-11(17-8)19-9-4-2-3-5-10(9)20-12(13,14)15/h2-5,7,16H,6H2,1H3. The van der Waals surface area contributed by atoms with Crippen molar-refractivity contribution in [2.24, 2.45) is 0 Å². The molecular weight excluding hydrogens is 277 g/mol. The molecule has 1 aromatic carbocycles. The Balaban J connectivity index is 2.15. The van der Waals surface area contributed by atoms with E-state index in [2.05, 4.69) is 15.0 Å². The fourth-order valence-electron chi connectivity index (χ4n) is 1.44. The topological polar surface area (TPSA) is 56.5 Å². The van der Waals surface area contributed by atoms with Crippen molar-refractivity contribution in [2.75, 3.05) is 7.05 Å². The Hall–Kier alpha value is -2.22. The van der Waals surface area contributed by atoms with E-state index in [1.165, 1.54) is 24.5 Å². The molecule has 1 aromatic heterocycles. The summed E-state index contributed by atoms with van der Waals surface area (Å²) in [7, 11) is 1.72. The van der Waals surface area contributed by atoms with E-state index in [1.54, 1.807) is 7.05 Å². The Morgan fingerprint density at radius 2 is 1.95 bits per heavy atom. The van der Waals surface area contributed by atoms with Gasteiger partial charge in [-0.1, -0.05) is 12.1 Å². The minimum atomic E-state index is -4.80. The number of para-hydroxylation sites is 2. The van der Waals surface area contributed by atoms with Crippen LogP contribution >= 0.6 is 0 Å². The molecule has 0 aliphatic heterocycles. The van der Waals surface area contributed by atoms with Crippen LogP contribution in [0.25, 0.3) is 0 Å². The molecule has 0 saturated carbocycles. The third-order valence-electron chi connectivity index (χ3n) is 2.16. The zero-order chi connectivity index (χ0) is 14.6. The summed E-state index contributed by atoms with van der Waals surface area (Å²) < 4.78 is 50.7. The fourth-order valence-corrected chi connectivity index (χ4v) is 1.44. The molecule has 0 aliphatic rings. The van der Waals surface area contributed by atoms with Crippen LogP contribution in [0.3, 0.4) is 0 Å². The maximum atomic E-state index is 12.2. The van der Waals surface area contributed by atoms with E-state index in [-0.39, 0.29) is 11.8 Å². The smallest absolute Gasteiger partial charge is 0.417 e. The van der Waals surface area contributed by atoms with Crippen LogP contribution in [0.5, 0.6) is 17.6 Å². The molecular formula is C12H11F3N2O3. The minimum Gasteiger partial charge on any atom is -0.417 e. The van der Waals surface area contributed by atoms with Crippen LogP contribution in [-0.2, 0) is 6.54 Å². The molecule has 0 spiro atoms. The highest BCUT2D eigenvalue weighted by Crippen LogP contribution is 2.34. The molecule has 20 heavy (non-hydrogen) atoms. The number of aromatic nitrogens is 1. The molecule has 0 aliphatic carbocycles. The lowest BCUT2D eigenvalue weighted by atomic mass is 10.3. The van der Waals surface area contributed by atoms with Gasteiger partial charge in [-0.15, -0.1) is 13.2 Å². The third-order valence-corrected chi connectivity index (χ3v) is 2.16. The highest BCUT2D eigenvalue weighted by atomic mass is 19.4. The van der Waals surface area contributed by atoms with Gasteiger partial charge in [-0.3, -0.25) is 0 Å². The zero-order valence-electron chi connectivity index (χ0n) is 10.4. The van der Waals surface area contributed by atoms with Crippen molar-refractivity contribution in [1.82, 2.24) is 10.3 Å². The number of rotatable bonds is 5. The summed E-state index contributed by atoms with van der Waals surface area (Å²) in [5.41, 5.74) is 0.566. The van der Waals surface area contributed by atoms with Crippen molar-refractivity contribution in [3.8, 4) is 17.6 Å². The molecule has 0 fully saturated rings. The molecule has 2 rings (SSSR count). The van der Waals surface area contributed by atoms with Gasteiger partial charge in [-0.25, -0.2) is 0 Å². The molecule has 1 N–H and O–H groups in total. The van der Waals surface area contributed by atoms with Crippen molar-refractivity contribution < 1.29 is 27.1 Å². The molecule has 0 radical (unpaired) electrons. The van der Waals surface area contributed by atoms with E-state index in [0.29, 0.717) is 12.2 Å². The summed E-state index contributed by atoms with van der Waals surface area (Å²) in [6, 6.07) is 5.37. The van der Waals surface area contributed by atoms with E-state index in [9.17, 15) is 13.2 Å². The van der Waals surface area contributed by atoms with Gasteiger partial charge < -0.3 is 19.2 Å². The number of ether oxygens (including phenoxy) is 2. The maximum Gasteiger partial charge on any atom is 0.573 e. The van der Waals surface area contributed by atoms with Gasteiger partial charge in [0.15, 0.2) is 11.5 Å².